The van der Waals surface area contributed by atoms with Gasteiger partial charge >= 0.3 is 0 Å². The van der Waals surface area contributed by atoms with Gasteiger partial charge in [-0.15, -0.1) is 0 Å². The van der Waals surface area contributed by atoms with Crippen LogP contribution in [0.3, 0.4) is 0 Å². The lowest BCUT2D eigenvalue weighted by atomic mass is 10.2. The van der Waals surface area contributed by atoms with Gasteiger partial charge in [0.1, 0.15) is 5.84 Å². The van der Waals surface area contributed by atoms with Crippen LogP contribution in [0.4, 0.5) is 0 Å². The van der Waals surface area contributed by atoms with E-state index in [0.717, 1.165) is 31.2 Å². The highest BCUT2D eigenvalue weighted by Crippen LogP contribution is 2.24. The second-order valence-corrected chi connectivity index (χ2v) is 5.65. The Hall–Kier alpha value is -0.420. The number of hydrogen-bond donors (Lipinski definition) is 3. The van der Waals surface area contributed by atoms with Crippen molar-refractivity contribution >= 4 is 17.6 Å². The molecule has 4 nitrogen and oxygen atoms in total. The molecule has 1 heterocycles. The summed E-state index contributed by atoms with van der Waals surface area (Å²) in [5.41, 5.74) is 5.38. The normalized spacial score (nSPS) is 22.2. The van der Waals surface area contributed by atoms with Crippen molar-refractivity contribution in [3.63, 3.8) is 0 Å². The predicted octanol–water partition coefficient (Wildman–Crippen LogP) is 1.78. The fourth-order valence-corrected chi connectivity index (χ4v) is 3.11. The summed E-state index contributed by atoms with van der Waals surface area (Å²) in [5.74, 6) is 1.67. The highest BCUT2D eigenvalue weighted by Gasteiger charge is 2.12. The summed E-state index contributed by atoms with van der Waals surface area (Å²) in [7, 11) is 0. The Balaban J connectivity index is 1.87. The first-order chi connectivity index (χ1) is 7.83. The third-order valence-electron chi connectivity index (χ3n) is 2.81. The summed E-state index contributed by atoms with van der Waals surface area (Å²) in [6, 6.07) is 0. The molecule has 0 aromatic carbocycles. The molecule has 5 heteroatoms. The van der Waals surface area contributed by atoms with Crippen molar-refractivity contribution in [2.75, 3.05) is 18.8 Å². The van der Waals surface area contributed by atoms with Crippen molar-refractivity contribution < 1.29 is 5.21 Å². The van der Waals surface area contributed by atoms with E-state index in [1.54, 1.807) is 0 Å². The quantitative estimate of drug-likeness (QED) is 0.210. The lowest BCUT2D eigenvalue weighted by Crippen LogP contribution is -2.27. The van der Waals surface area contributed by atoms with Crippen LogP contribution in [0.1, 0.15) is 38.5 Å². The summed E-state index contributed by atoms with van der Waals surface area (Å²) < 4.78 is 0. The summed E-state index contributed by atoms with van der Waals surface area (Å²) in [6.07, 6.45) is 6.91. The van der Waals surface area contributed by atoms with Gasteiger partial charge in [-0.3, -0.25) is 0 Å². The minimum Gasteiger partial charge on any atom is -0.409 e. The number of oxime groups is 1. The molecule has 0 aliphatic carbocycles. The fourth-order valence-electron chi connectivity index (χ4n) is 1.84. The van der Waals surface area contributed by atoms with Crippen molar-refractivity contribution in [1.82, 2.24) is 5.32 Å². The van der Waals surface area contributed by atoms with Crippen LogP contribution in [0.15, 0.2) is 5.16 Å². The molecule has 16 heavy (non-hydrogen) atoms. The van der Waals surface area contributed by atoms with Gasteiger partial charge in [0.15, 0.2) is 0 Å². The Morgan fingerprint density at radius 2 is 2.31 bits per heavy atom. The van der Waals surface area contributed by atoms with Crippen LogP contribution in [0.2, 0.25) is 0 Å². The zero-order chi connectivity index (χ0) is 11.6. The molecule has 0 amide bonds. The molecule has 0 aromatic rings. The van der Waals surface area contributed by atoms with Crippen LogP contribution < -0.4 is 11.1 Å². The van der Waals surface area contributed by atoms with Crippen LogP contribution in [-0.4, -0.2) is 35.1 Å². The zero-order valence-corrected chi connectivity index (χ0v) is 10.6. The standard InChI is InChI=1S/C11H23N3OS/c12-11(14-15)6-1-3-7-13-9-10-5-2-4-8-16-10/h10,13,15H,1-9H2,(H2,12,14). The fraction of sp³-hybridized carbons (Fsp3) is 0.909. The third-order valence-corrected chi connectivity index (χ3v) is 4.21. The number of hydrogen-bond acceptors (Lipinski definition) is 4. The Morgan fingerprint density at radius 3 is 3.00 bits per heavy atom. The van der Waals surface area contributed by atoms with Crippen LogP contribution in [-0.2, 0) is 0 Å². The van der Waals surface area contributed by atoms with Crippen molar-refractivity contribution in [1.29, 1.82) is 0 Å². The maximum atomic E-state index is 8.35. The second kappa shape index (κ2) is 8.70. The largest absolute Gasteiger partial charge is 0.409 e. The number of nitrogens with one attached hydrogen (secondary N) is 1. The maximum Gasteiger partial charge on any atom is 0.139 e. The molecule has 1 fully saturated rings. The van der Waals surface area contributed by atoms with E-state index in [-0.39, 0.29) is 0 Å². The van der Waals surface area contributed by atoms with Crippen LogP contribution in [0, 0.1) is 0 Å². The molecule has 1 unspecified atom stereocenters. The van der Waals surface area contributed by atoms with E-state index in [1.807, 2.05) is 0 Å². The summed E-state index contributed by atoms with van der Waals surface area (Å²) in [5, 5.41) is 15.6. The molecule has 1 saturated heterocycles. The molecule has 0 spiro atoms. The van der Waals surface area contributed by atoms with Gasteiger partial charge in [-0.05, 0) is 38.0 Å². The predicted molar refractivity (Wildman–Crippen MR) is 70.2 cm³/mol. The van der Waals surface area contributed by atoms with Gasteiger partial charge in [0.25, 0.3) is 0 Å². The topological polar surface area (TPSA) is 70.6 Å². The lowest BCUT2D eigenvalue weighted by Gasteiger charge is -2.21. The van der Waals surface area contributed by atoms with Gasteiger partial charge in [-0.2, -0.15) is 11.8 Å². The van der Waals surface area contributed by atoms with Crippen LogP contribution >= 0.6 is 11.8 Å². The van der Waals surface area contributed by atoms with Gasteiger partial charge in [-0.1, -0.05) is 11.6 Å². The van der Waals surface area contributed by atoms with E-state index in [0.29, 0.717) is 12.3 Å². The number of thioether (sulfide) groups is 1. The van der Waals surface area contributed by atoms with E-state index < -0.39 is 0 Å². The average Bonchev–Trinajstić information content (AvgIpc) is 2.34. The number of amidine groups is 1. The minimum absolute atomic E-state index is 0.336. The highest BCUT2D eigenvalue weighted by atomic mass is 32.2. The van der Waals surface area contributed by atoms with Crippen LogP contribution in [0.5, 0.6) is 0 Å². The summed E-state index contributed by atoms with van der Waals surface area (Å²) >= 11 is 2.10. The number of unbranched alkanes of at least 4 members (excludes halogenated alkanes) is 1. The molecule has 1 rings (SSSR count). The Bertz CT molecular complexity index is 205. The minimum atomic E-state index is 0.336. The first-order valence-electron chi connectivity index (χ1n) is 6.11. The maximum absolute atomic E-state index is 8.35. The molecule has 0 aromatic heterocycles. The molecular formula is C11H23N3OS. The van der Waals surface area contributed by atoms with Gasteiger partial charge in [0.2, 0.25) is 0 Å². The molecule has 4 N–H and O–H groups in total. The molecule has 0 saturated carbocycles. The van der Waals surface area contributed by atoms with E-state index >= 15 is 0 Å². The molecule has 0 radical (unpaired) electrons. The Morgan fingerprint density at radius 1 is 1.44 bits per heavy atom. The van der Waals surface area contributed by atoms with E-state index in [1.165, 1.54) is 25.0 Å². The molecule has 1 aliphatic rings. The van der Waals surface area contributed by atoms with Crippen molar-refractivity contribution in [2.45, 2.75) is 43.8 Å². The van der Waals surface area contributed by atoms with Crippen LogP contribution in [0.25, 0.3) is 0 Å². The van der Waals surface area contributed by atoms with Gasteiger partial charge < -0.3 is 16.3 Å². The molecular weight excluding hydrogens is 222 g/mol. The highest BCUT2D eigenvalue weighted by molar-refractivity contribution is 7.99. The summed E-state index contributed by atoms with van der Waals surface area (Å²) in [6.45, 7) is 2.17. The van der Waals surface area contributed by atoms with E-state index in [4.69, 9.17) is 10.9 Å². The van der Waals surface area contributed by atoms with Crippen molar-refractivity contribution in [2.24, 2.45) is 10.9 Å². The van der Waals surface area contributed by atoms with Gasteiger partial charge in [0.05, 0.1) is 0 Å². The van der Waals surface area contributed by atoms with Gasteiger partial charge in [-0.25, -0.2) is 0 Å². The first kappa shape index (κ1) is 13.6. The first-order valence-corrected chi connectivity index (χ1v) is 7.16. The van der Waals surface area contributed by atoms with Crippen molar-refractivity contribution in [3.8, 4) is 0 Å². The van der Waals surface area contributed by atoms with Gasteiger partial charge in [0, 0.05) is 18.2 Å². The zero-order valence-electron chi connectivity index (χ0n) is 9.82. The molecule has 1 aliphatic heterocycles. The Kier molecular flexibility index (Phi) is 7.42. The SMILES string of the molecule is NC(CCCCNCC1CCCCS1)=NO. The van der Waals surface area contributed by atoms with E-state index in [9.17, 15) is 0 Å². The third kappa shape index (κ3) is 6.23. The van der Waals surface area contributed by atoms with E-state index in [2.05, 4.69) is 22.2 Å². The summed E-state index contributed by atoms with van der Waals surface area (Å²) in [4.78, 5) is 0. The number of nitrogens with zero attached hydrogens (tertiary/aromatic N) is 1. The number of rotatable bonds is 7. The Labute approximate surface area is 102 Å². The monoisotopic (exact) mass is 245 g/mol. The molecule has 94 valence electrons. The second-order valence-electron chi connectivity index (χ2n) is 4.24. The smallest absolute Gasteiger partial charge is 0.139 e. The average molecular weight is 245 g/mol. The number of nitrogens with two attached hydrogens (primary N) is 1. The molecule has 0 bridgehead atoms. The molecule has 1 atom stereocenters. The van der Waals surface area contributed by atoms with Crippen molar-refractivity contribution in [3.05, 3.63) is 0 Å². The lowest BCUT2D eigenvalue weighted by molar-refractivity contribution is 0.316.